The molecule has 1 heterocycles. The molecule has 0 unspecified atom stereocenters. The zero-order valence-electron chi connectivity index (χ0n) is 11.4. The van der Waals surface area contributed by atoms with Gasteiger partial charge < -0.3 is 19.7 Å². The number of anilines is 2. The lowest BCUT2D eigenvalue weighted by Gasteiger charge is -2.20. The SMILES string of the molecule is CCOCCN(CC)c1nc(NC)nc(OC)n1. The quantitative estimate of drug-likeness (QED) is 0.688. The molecule has 0 aliphatic carbocycles. The number of aromatic nitrogens is 3. The Morgan fingerprint density at radius 2 is 2.00 bits per heavy atom. The molecule has 7 heteroatoms. The monoisotopic (exact) mass is 255 g/mol. The van der Waals surface area contributed by atoms with E-state index in [0.717, 1.165) is 13.1 Å². The predicted molar refractivity (Wildman–Crippen MR) is 70.3 cm³/mol. The molecule has 0 saturated carbocycles. The maximum Gasteiger partial charge on any atom is 0.322 e. The van der Waals surface area contributed by atoms with Crippen molar-refractivity contribution in [2.45, 2.75) is 13.8 Å². The molecule has 0 amide bonds. The minimum Gasteiger partial charge on any atom is -0.467 e. The summed E-state index contributed by atoms with van der Waals surface area (Å²) in [6, 6.07) is 0.305. The van der Waals surface area contributed by atoms with E-state index in [-0.39, 0.29) is 0 Å². The third-order valence-electron chi connectivity index (χ3n) is 2.38. The Labute approximate surface area is 108 Å². The van der Waals surface area contributed by atoms with E-state index >= 15 is 0 Å². The van der Waals surface area contributed by atoms with Gasteiger partial charge in [0.15, 0.2) is 0 Å². The van der Waals surface area contributed by atoms with Gasteiger partial charge in [0.2, 0.25) is 11.9 Å². The summed E-state index contributed by atoms with van der Waals surface area (Å²) in [7, 11) is 3.30. The fraction of sp³-hybridized carbons (Fsp3) is 0.727. The molecule has 0 fully saturated rings. The fourth-order valence-electron chi connectivity index (χ4n) is 1.41. The van der Waals surface area contributed by atoms with Crippen molar-refractivity contribution in [1.29, 1.82) is 0 Å². The van der Waals surface area contributed by atoms with Crippen LogP contribution < -0.4 is 15.0 Å². The number of hydrogen-bond donors (Lipinski definition) is 1. The van der Waals surface area contributed by atoms with Crippen LogP contribution in [0.15, 0.2) is 0 Å². The molecule has 0 aromatic carbocycles. The van der Waals surface area contributed by atoms with Crippen LogP contribution in [0.3, 0.4) is 0 Å². The molecule has 0 saturated heterocycles. The van der Waals surface area contributed by atoms with Crippen LogP contribution in [-0.4, -0.2) is 55.4 Å². The first-order valence-corrected chi connectivity index (χ1v) is 6.05. The van der Waals surface area contributed by atoms with Crippen LogP contribution in [0.5, 0.6) is 6.01 Å². The normalized spacial score (nSPS) is 10.2. The highest BCUT2D eigenvalue weighted by Crippen LogP contribution is 2.14. The van der Waals surface area contributed by atoms with Crippen LogP contribution in [0, 0.1) is 0 Å². The molecule has 18 heavy (non-hydrogen) atoms. The minimum atomic E-state index is 0.305. The van der Waals surface area contributed by atoms with Gasteiger partial charge in [0.05, 0.1) is 13.7 Å². The zero-order valence-corrected chi connectivity index (χ0v) is 11.4. The number of hydrogen-bond acceptors (Lipinski definition) is 7. The van der Waals surface area contributed by atoms with Gasteiger partial charge in [-0.15, -0.1) is 0 Å². The van der Waals surface area contributed by atoms with Gasteiger partial charge in [0.1, 0.15) is 0 Å². The number of rotatable bonds is 8. The number of methoxy groups -OCH3 is 1. The van der Waals surface area contributed by atoms with Crippen LogP contribution in [-0.2, 0) is 4.74 Å². The van der Waals surface area contributed by atoms with E-state index < -0.39 is 0 Å². The van der Waals surface area contributed by atoms with E-state index in [9.17, 15) is 0 Å². The molecular formula is C11H21N5O2. The van der Waals surface area contributed by atoms with Crippen molar-refractivity contribution in [3.8, 4) is 6.01 Å². The summed E-state index contributed by atoms with van der Waals surface area (Å²) in [4.78, 5) is 14.6. The maximum atomic E-state index is 5.34. The molecule has 102 valence electrons. The standard InChI is InChI=1S/C11H21N5O2/c1-5-16(7-8-18-6-2)10-13-9(12-3)14-11(15-10)17-4/h5-8H2,1-4H3,(H,12,13,14,15). The number of nitrogens with one attached hydrogen (secondary N) is 1. The molecule has 7 nitrogen and oxygen atoms in total. The first-order chi connectivity index (χ1) is 8.74. The topological polar surface area (TPSA) is 72.4 Å². The Bertz CT molecular complexity index is 339. The average Bonchev–Trinajstić information content (AvgIpc) is 2.43. The molecule has 0 radical (unpaired) electrons. The van der Waals surface area contributed by atoms with Crippen LogP contribution >= 0.6 is 0 Å². The lowest BCUT2D eigenvalue weighted by molar-refractivity contribution is 0.153. The van der Waals surface area contributed by atoms with Crippen LogP contribution in [0.1, 0.15) is 13.8 Å². The Balaban J connectivity index is 2.83. The van der Waals surface area contributed by atoms with Gasteiger partial charge in [0.25, 0.3) is 0 Å². The summed E-state index contributed by atoms with van der Waals surface area (Å²) in [5.41, 5.74) is 0. The molecule has 0 atom stereocenters. The number of likely N-dealkylation sites (N-methyl/N-ethyl adjacent to an activating group) is 1. The Morgan fingerprint density at radius 1 is 1.22 bits per heavy atom. The summed E-state index contributed by atoms with van der Waals surface area (Å²) in [5.74, 6) is 1.08. The summed E-state index contributed by atoms with van der Waals surface area (Å²) >= 11 is 0. The lowest BCUT2D eigenvalue weighted by atomic mass is 10.5. The molecule has 0 aliphatic rings. The highest BCUT2D eigenvalue weighted by molar-refractivity contribution is 5.37. The maximum absolute atomic E-state index is 5.34. The van der Waals surface area contributed by atoms with Crippen LogP contribution in [0.25, 0.3) is 0 Å². The van der Waals surface area contributed by atoms with E-state index in [1.807, 2.05) is 18.7 Å². The number of nitrogens with zero attached hydrogens (tertiary/aromatic N) is 4. The average molecular weight is 255 g/mol. The Kier molecular flexibility index (Phi) is 6.13. The lowest BCUT2D eigenvalue weighted by Crippen LogP contribution is -2.29. The molecule has 1 aromatic rings. The molecule has 1 N–H and O–H groups in total. The first kappa shape index (κ1) is 14.4. The summed E-state index contributed by atoms with van der Waals surface area (Å²) in [6.07, 6.45) is 0. The highest BCUT2D eigenvalue weighted by atomic mass is 16.5. The smallest absolute Gasteiger partial charge is 0.322 e. The van der Waals surface area contributed by atoms with E-state index in [1.165, 1.54) is 7.11 Å². The second-order valence-electron chi connectivity index (χ2n) is 3.47. The van der Waals surface area contributed by atoms with Crippen LogP contribution in [0.2, 0.25) is 0 Å². The van der Waals surface area contributed by atoms with E-state index in [0.29, 0.717) is 31.1 Å². The molecule has 1 aromatic heterocycles. The second-order valence-corrected chi connectivity index (χ2v) is 3.47. The van der Waals surface area contributed by atoms with Crippen molar-refractivity contribution in [3.05, 3.63) is 0 Å². The van der Waals surface area contributed by atoms with Gasteiger partial charge >= 0.3 is 6.01 Å². The van der Waals surface area contributed by atoms with E-state index in [4.69, 9.17) is 9.47 Å². The van der Waals surface area contributed by atoms with Gasteiger partial charge in [-0.2, -0.15) is 15.0 Å². The van der Waals surface area contributed by atoms with Crippen molar-refractivity contribution >= 4 is 11.9 Å². The van der Waals surface area contributed by atoms with Gasteiger partial charge in [-0.25, -0.2) is 0 Å². The minimum absolute atomic E-state index is 0.305. The predicted octanol–water partition coefficient (Wildman–Crippen LogP) is 0.785. The van der Waals surface area contributed by atoms with Crippen molar-refractivity contribution in [3.63, 3.8) is 0 Å². The fourth-order valence-corrected chi connectivity index (χ4v) is 1.41. The first-order valence-electron chi connectivity index (χ1n) is 6.05. The third-order valence-corrected chi connectivity index (χ3v) is 2.38. The molecule has 0 spiro atoms. The Hall–Kier alpha value is -1.63. The van der Waals surface area contributed by atoms with Gasteiger partial charge in [0, 0.05) is 26.7 Å². The molecular weight excluding hydrogens is 234 g/mol. The largest absolute Gasteiger partial charge is 0.467 e. The van der Waals surface area contributed by atoms with Crippen LogP contribution in [0.4, 0.5) is 11.9 Å². The van der Waals surface area contributed by atoms with Crippen molar-refractivity contribution in [2.24, 2.45) is 0 Å². The summed E-state index contributed by atoms with van der Waals surface area (Å²) in [6.45, 7) is 6.90. The molecule has 0 bridgehead atoms. The zero-order chi connectivity index (χ0) is 13.4. The third kappa shape index (κ3) is 3.99. The van der Waals surface area contributed by atoms with Gasteiger partial charge in [-0.3, -0.25) is 0 Å². The van der Waals surface area contributed by atoms with Gasteiger partial charge in [-0.1, -0.05) is 0 Å². The Morgan fingerprint density at radius 3 is 2.56 bits per heavy atom. The van der Waals surface area contributed by atoms with Gasteiger partial charge in [-0.05, 0) is 13.8 Å². The van der Waals surface area contributed by atoms with Crippen molar-refractivity contribution in [1.82, 2.24) is 15.0 Å². The molecule has 1 rings (SSSR count). The van der Waals surface area contributed by atoms with Crippen molar-refractivity contribution < 1.29 is 9.47 Å². The van der Waals surface area contributed by atoms with E-state index in [1.54, 1.807) is 7.05 Å². The second kappa shape index (κ2) is 7.65. The van der Waals surface area contributed by atoms with E-state index in [2.05, 4.69) is 20.3 Å². The molecule has 0 aliphatic heterocycles. The highest BCUT2D eigenvalue weighted by Gasteiger charge is 2.11. The summed E-state index contributed by atoms with van der Waals surface area (Å²) < 4.78 is 10.4. The number of ether oxygens (including phenoxy) is 2. The summed E-state index contributed by atoms with van der Waals surface area (Å²) in [5, 5.41) is 2.89. The van der Waals surface area contributed by atoms with Crippen molar-refractivity contribution in [2.75, 3.05) is 50.7 Å².